The van der Waals surface area contributed by atoms with Crippen LogP contribution in [0.25, 0.3) is 11.3 Å². The summed E-state index contributed by atoms with van der Waals surface area (Å²) in [7, 11) is 0. The molecule has 0 aliphatic carbocycles. The summed E-state index contributed by atoms with van der Waals surface area (Å²) in [4.78, 5) is 12.0. The topological polar surface area (TPSA) is 41.1 Å². The molecule has 0 saturated carbocycles. The van der Waals surface area contributed by atoms with Crippen LogP contribution in [0.4, 0.5) is 11.8 Å². The zero-order chi connectivity index (χ0) is 17.6. The quantitative estimate of drug-likeness (QED) is 0.725. The van der Waals surface area contributed by atoms with Crippen LogP contribution in [0, 0.1) is 0 Å². The summed E-state index contributed by atoms with van der Waals surface area (Å²) in [6, 6.07) is 22.8. The average molecular weight is 344 g/mol. The Kier molecular flexibility index (Phi) is 5.10. The van der Waals surface area contributed by atoms with Gasteiger partial charge < -0.3 is 10.2 Å². The van der Waals surface area contributed by atoms with Crippen molar-refractivity contribution in [1.29, 1.82) is 0 Å². The molecule has 4 rings (SSSR count). The molecule has 2 heterocycles. The van der Waals surface area contributed by atoms with Gasteiger partial charge in [-0.05, 0) is 24.8 Å². The minimum Gasteiger partial charge on any atom is -0.366 e. The van der Waals surface area contributed by atoms with Crippen LogP contribution in [0.15, 0.2) is 66.7 Å². The fraction of sp³-hybridized carbons (Fsp3) is 0.273. The molecule has 0 spiro atoms. The van der Waals surface area contributed by atoms with E-state index in [1.165, 1.54) is 24.8 Å². The summed E-state index contributed by atoms with van der Waals surface area (Å²) in [5.74, 6) is 1.71. The third kappa shape index (κ3) is 4.02. The SMILES string of the molecule is c1ccc(CNc2cc(-c3ccccc3)nc(N3CCCCC3)n2)cc1. The van der Waals surface area contributed by atoms with E-state index in [0.29, 0.717) is 0 Å². The molecule has 132 valence electrons. The van der Waals surface area contributed by atoms with Crippen LogP contribution in [-0.2, 0) is 6.54 Å². The first-order chi connectivity index (χ1) is 12.9. The smallest absolute Gasteiger partial charge is 0.227 e. The lowest BCUT2D eigenvalue weighted by Crippen LogP contribution is -2.31. The molecule has 0 bridgehead atoms. The highest BCUT2D eigenvalue weighted by Gasteiger charge is 2.16. The van der Waals surface area contributed by atoms with Gasteiger partial charge in [0.1, 0.15) is 5.82 Å². The van der Waals surface area contributed by atoms with Gasteiger partial charge in [0.15, 0.2) is 0 Å². The molecule has 4 nitrogen and oxygen atoms in total. The van der Waals surface area contributed by atoms with Gasteiger partial charge in [-0.3, -0.25) is 0 Å². The fourth-order valence-corrected chi connectivity index (χ4v) is 3.31. The zero-order valence-electron chi connectivity index (χ0n) is 14.9. The van der Waals surface area contributed by atoms with Crippen molar-refractivity contribution in [3.8, 4) is 11.3 Å². The number of benzene rings is 2. The van der Waals surface area contributed by atoms with Gasteiger partial charge in [-0.15, -0.1) is 0 Å². The largest absolute Gasteiger partial charge is 0.366 e. The standard InChI is InChI=1S/C22H24N4/c1-4-10-18(11-5-1)17-23-21-16-20(19-12-6-2-7-13-19)24-22(25-21)26-14-8-3-9-15-26/h1-2,4-7,10-13,16H,3,8-9,14-15,17H2,(H,23,24,25). The van der Waals surface area contributed by atoms with Crippen LogP contribution >= 0.6 is 0 Å². The Morgan fingerprint density at radius 3 is 2.23 bits per heavy atom. The molecule has 1 aliphatic rings. The Balaban J connectivity index is 1.63. The Morgan fingerprint density at radius 1 is 0.808 bits per heavy atom. The van der Waals surface area contributed by atoms with Crippen molar-refractivity contribution in [3.63, 3.8) is 0 Å². The third-order valence-corrected chi connectivity index (χ3v) is 4.74. The lowest BCUT2D eigenvalue weighted by molar-refractivity contribution is 0.568. The van der Waals surface area contributed by atoms with Crippen LogP contribution in [-0.4, -0.2) is 23.1 Å². The second kappa shape index (κ2) is 8.00. The van der Waals surface area contributed by atoms with E-state index in [4.69, 9.17) is 9.97 Å². The molecular formula is C22H24N4. The number of nitrogens with zero attached hydrogens (tertiary/aromatic N) is 3. The minimum atomic E-state index is 0.755. The van der Waals surface area contributed by atoms with E-state index in [2.05, 4.69) is 58.7 Å². The van der Waals surface area contributed by atoms with E-state index < -0.39 is 0 Å². The van der Waals surface area contributed by atoms with E-state index in [1.807, 2.05) is 18.2 Å². The predicted octanol–water partition coefficient (Wildman–Crippen LogP) is 4.75. The molecule has 0 unspecified atom stereocenters. The van der Waals surface area contributed by atoms with E-state index >= 15 is 0 Å². The third-order valence-electron chi connectivity index (χ3n) is 4.74. The molecule has 0 amide bonds. The Bertz CT molecular complexity index is 827. The zero-order valence-corrected chi connectivity index (χ0v) is 14.9. The molecule has 1 fully saturated rings. The number of nitrogens with one attached hydrogen (secondary N) is 1. The van der Waals surface area contributed by atoms with E-state index in [9.17, 15) is 0 Å². The van der Waals surface area contributed by atoms with Crippen molar-refractivity contribution < 1.29 is 0 Å². The lowest BCUT2D eigenvalue weighted by Gasteiger charge is -2.27. The number of aromatic nitrogens is 2. The van der Waals surface area contributed by atoms with Crippen LogP contribution in [0.5, 0.6) is 0 Å². The molecule has 1 N–H and O–H groups in total. The van der Waals surface area contributed by atoms with Gasteiger partial charge in [0.05, 0.1) is 5.69 Å². The number of hydrogen-bond acceptors (Lipinski definition) is 4. The maximum Gasteiger partial charge on any atom is 0.227 e. The second-order valence-electron chi connectivity index (χ2n) is 6.69. The molecule has 1 aliphatic heterocycles. The van der Waals surface area contributed by atoms with Crippen molar-refractivity contribution in [2.45, 2.75) is 25.8 Å². The number of rotatable bonds is 5. The second-order valence-corrected chi connectivity index (χ2v) is 6.69. The summed E-state index contributed by atoms with van der Waals surface area (Å²) >= 11 is 0. The van der Waals surface area contributed by atoms with Crippen LogP contribution in [0.1, 0.15) is 24.8 Å². The first-order valence-electron chi connectivity index (χ1n) is 9.36. The van der Waals surface area contributed by atoms with E-state index in [1.54, 1.807) is 0 Å². The Labute approximate surface area is 154 Å². The summed E-state index contributed by atoms with van der Waals surface area (Å²) in [6.07, 6.45) is 3.73. The minimum absolute atomic E-state index is 0.755. The van der Waals surface area contributed by atoms with Gasteiger partial charge in [0.25, 0.3) is 0 Å². The van der Waals surface area contributed by atoms with Gasteiger partial charge >= 0.3 is 0 Å². The van der Waals surface area contributed by atoms with Gasteiger partial charge in [-0.1, -0.05) is 60.7 Å². The summed E-state index contributed by atoms with van der Waals surface area (Å²) in [5.41, 5.74) is 3.33. The van der Waals surface area contributed by atoms with Crippen LogP contribution < -0.4 is 10.2 Å². The molecule has 0 radical (unpaired) electrons. The van der Waals surface area contributed by atoms with Gasteiger partial charge in [0, 0.05) is 31.3 Å². The number of hydrogen-bond donors (Lipinski definition) is 1. The first kappa shape index (κ1) is 16.6. The maximum atomic E-state index is 4.86. The summed E-state index contributed by atoms with van der Waals surface area (Å²) in [5, 5.41) is 3.47. The summed E-state index contributed by atoms with van der Waals surface area (Å²) < 4.78 is 0. The van der Waals surface area contributed by atoms with E-state index in [-0.39, 0.29) is 0 Å². The highest BCUT2D eigenvalue weighted by Crippen LogP contribution is 2.24. The highest BCUT2D eigenvalue weighted by molar-refractivity contribution is 5.64. The van der Waals surface area contributed by atoms with Crippen molar-refractivity contribution >= 4 is 11.8 Å². The number of piperidine rings is 1. The lowest BCUT2D eigenvalue weighted by atomic mass is 10.1. The monoisotopic (exact) mass is 344 g/mol. The van der Waals surface area contributed by atoms with E-state index in [0.717, 1.165) is 42.7 Å². The van der Waals surface area contributed by atoms with Crippen molar-refractivity contribution in [1.82, 2.24) is 9.97 Å². The molecule has 26 heavy (non-hydrogen) atoms. The van der Waals surface area contributed by atoms with Crippen molar-refractivity contribution in [2.75, 3.05) is 23.3 Å². The summed E-state index contributed by atoms with van der Waals surface area (Å²) in [6.45, 7) is 2.83. The molecule has 3 aromatic rings. The Morgan fingerprint density at radius 2 is 1.50 bits per heavy atom. The fourth-order valence-electron chi connectivity index (χ4n) is 3.31. The molecular weight excluding hydrogens is 320 g/mol. The van der Waals surface area contributed by atoms with Crippen LogP contribution in [0.3, 0.4) is 0 Å². The maximum absolute atomic E-state index is 4.86. The molecule has 4 heteroatoms. The normalized spacial score (nSPS) is 14.2. The van der Waals surface area contributed by atoms with Crippen molar-refractivity contribution in [3.05, 3.63) is 72.3 Å². The molecule has 1 saturated heterocycles. The van der Waals surface area contributed by atoms with Crippen molar-refractivity contribution in [2.24, 2.45) is 0 Å². The predicted molar refractivity (Wildman–Crippen MR) is 107 cm³/mol. The van der Waals surface area contributed by atoms with Gasteiger partial charge in [-0.2, -0.15) is 4.98 Å². The van der Waals surface area contributed by atoms with Gasteiger partial charge in [-0.25, -0.2) is 4.98 Å². The number of anilines is 2. The van der Waals surface area contributed by atoms with Crippen LogP contribution in [0.2, 0.25) is 0 Å². The molecule has 2 aromatic carbocycles. The highest BCUT2D eigenvalue weighted by atomic mass is 15.3. The molecule has 0 atom stereocenters. The first-order valence-corrected chi connectivity index (χ1v) is 9.36. The average Bonchev–Trinajstić information content (AvgIpc) is 2.74. The molecule has 1 aromatic heterocycles. The van der Waals surface area contributed by atoms with Gasteiger partial charge in [0.2, 0.25) is 5.95 Å². The Hall–Kier alpha value is -2.88.